The molecule has 3 rings (SSSR count). The fourth-order valence-corrected chi connectivity index (χ4v) is 3.63. The summed E-state index contributed by atoms with van der Waals surface area (Å²) in [5.41, 5.74) is 7.32. The summed E-state index contributed by atoms with van der Waals surface area (Å²) in [4.78, 5) is 17.8. The van der Waals surface area contributed by atoms with Gasteiger partial charge in [0, 0.05) is 11.4 Å². The number of halogens is 1. The van der Waals surface area contributed by atoms with Crippen LogP contribution in [-0.4, -0.2) is 48.5 Å². The second kappa shape index (κ2) is 7.74. The Kier molecular flexibility index (Phi) is 5.63. The first-order chi connectivity index (χ1) is 12.0. The summed E-state index contributed by atoms with van der Waals surface area (Å²) in [5, 5.41) is 12.7. The predicted molar refractivity (Wildman–Crippen MR) is 97.7 cm³/mol. The van der Waals surface area contributed by atoms with Crippen molar-refractivity contribution in [3.63, 3.8) is 0 Å². The lowest BCUT2D eigenvalue weighted by Gasteiger charge is -2.10. The van der Waals surface area contributed by atoms with Crippen LogP contribution in [0.2, 0.25) is 5.02 Å². The Bertz CT molecular complexity index is 792. The number of fused-ring (bicyclic) bond motifs is 1. The van der Waals surface area contributed by atoms with E-state index in [9.17, 15) is 4.79 Å². The molecule has 0 aromatic carbocycles. The zero-order chi connectivity index (χ0) is 18.0. The van der Waals surface area contributed by atoms with E-state index in [1.54, 1.807) is 0 Å². The molecule has 0 aliphatic heterocycles. The van der Waals surface area contributed by atoms with Crippen LogP contribution in [0.25, 0.3) is 10.2 Å². The highest BCUT2D eigenvalue weighted by Crippen LogP contribution is 2.40. The quantitative estimate of drug-likeness (QED) is 0.601. The number of thiophene rings is 1. The van der Waals surface area contributed by atoms with Gasteiger partial charge in [-0.15, -0.1) is 11.3 Å². The number of amides is 1. The molecule has 2 aromatic rings. The largest absolute Gasteiger partial charge is 0.474 e. The van der Waals surface area contributed by atoms with Crippen molar-refractivity contribution in [3.8, 4) is 5.88 Å². The zero-order valence-electron chi connectivity index (χ0n) is 13.8. The number of carbonyl (C=O) groups is 1. The number of aromatic nitrogens is 1. The second-order valence-corrected chi connectivity index (χ2v) is 7.19. The Morgan fingerprint density at radius 3 is 2.88 bits per heavy atom. The van der Waals surface area contributed by atoms with Gasteiger partial charge in [0.1, 0.15) is 21.3 Å². The van der Waals surface area contributed by atoms with Gasteiger partial charge >= 0.3 is 0 Å². The molecule has 1 aliphatic rings. The van der Waals surface area contributed by atoms with Gasteiger partial charge in [-0.05, 0) is 25.3 Å². The minimum absolute atomic E-state index is 0.0375. The molecular weight excluding hydrogens is 366 g/mol. The van der Waals surface area contributed by atoms with Crippen molar-refractivity contribution in [2.45, 2.75) is 25.8 Å². The topological polar surface area (TPSA) is 107 Å². The van der Waals surface area contributed by atoms with Gasteiger partial charge in [-0.25, -0.2) is 4.98 Å². The van der Waals surface area contributed by atoms with Crippen molar-refractivity contribution in [2.75, 3.05) is 32.2 Å². The van der Waals surface area contributed by atoms with Crippen molar-refractivity contribution < 1.29 is 19.4 Å². The summed E-state index contributed by atoms with van der Waals surface area (Å²) in [7, 11) is 0. The Morgan fingerprint density at radius 2 is 2.20 bits per heavy atom. The van der Waals surface area contributed by atoms with E-state index >= 15 is 0 Å². The molecule has 0 bridgehead atoms. The van der Waals surface area contributed by atoms with E-state index < -0.39 is 0 Å². The second-order valence-electron chi connectivity index (χ2n) is 5.81. The smallest absolute Gasteiger partial charge is 0.263 e. The molecule has 0 radical (unpaired) electrons. The Labute approximate surface area is 154 Å². The van der Waals surface area contributed by atoms with Crippen molar-refractivity contribution in [1.82, 2.24) is 10.3 Å². The third kappa shape index (κ3) is 3.98. The number of rotatable bonds is 8. The lowest BCUT2D eigenvalue weighted by Crippen LogP contribution is -2.25. The van der Waals surface area contributed by atoms with Gasteiger partial charge in [-0.2, -0.15) is 0 Å². The summed E-state index contributed by atoms with van der Waals surface area (Å²) >= 11 is 7.58. The molecule has 0 unspecified atom stereocenters. The Hall–Kier alpha value is -1.61. The standard InChI is InChI=1S/C16H20ClN3O4S/c1-8-10-12(18)13(14(22)19-9-2-3-9)25-16(10)20-15(11(8)17)24-7-6-23-5-4-21/h9,21H,2-7,18H2,1H3,(H,19,22). The molecule has 1 saturated carbocycles. The number of nitrogens with one attached hydrogen (secondary N) is 1. The molecule has 2 heterocycles. The number of pyridine rings is 1. The number of anilines is 1. The van der Waals surface area contributed by atoms with Crippen LogP contribution in [0, 0.1) is 6.92 Å². The zero-order valence-corrected chi connectivity index (χ0v) is 15.4. The van der Waals surface area contributed by atoms with Crippen molar-refractivity contribution >= 4 is 44.7 Å². The fourth-order valence-electron chi connectivity index (χ4n) is 2.39. The number of hydrogen-bond acceptors (Lipinski definition) is 7. The first-order valence-electron chi connectivity index (χ1n) is 8.03. The molecule has 1 aliphatic carbocycles. The first-order valence-corrected chi connectivity index (χ1v) is 9.22. The Morgan fingerprint density at radius 1 is 1.44 bits per heavy atom. The third-order valence-corrected chi connectivity index (χ3v) is 5.39. The predicted octanol–water partition coefficient (Wildman–Crippen LogP) is 2.12. The minimum atomic E-state index is -0.168. The highest BCUT2D eigenvalue weighted by atomic mass is 35.5. The van der Waals surface area contributed by atoms with Crippen LogP contribution in [-0.2, 0) is 4.74 Å². The van der Waals surface area contributed by atoms with E-state index in [4.69, 9.17) is 31.9 Å². The molecule has 7 nitrogen and oxygen atoms in total. The van der Waals surface area contributed by atoms with E-state index in [0.717, 1.165) is 18.4 Å². The van der Waals surface area contributed by atoms with Crippen LogP contribution in [0.15, 0.2) is 0 Å². The van der Waals surface area contributed by atoms with Crippen LogP contribution >= 0.6 is 22.9 Å². The van der Waals surface area contributed by atoms with Gasteiger partial charge < -0.3 is 25.6 Å². The summed E-state index contributed by atoms with van der Waals surface area (Å²) in [6.45, 7) is 2.62. The van der Waals surface area contributed by atoms with Crippen LogP contribution in [0.4, 0.5) is 5.69 Å². The lowest BCUT2D eigenvalue weighted by atomic mass is 10.1. The van der Waals surface area contributed by atoms with E-state index in [-0.39, 0.29) is 37.6 Å². The van der Waals surface area contributed by atoms with Gasteiger partial charge in [0.15, 0.2) is 0 Å². The number of hydrogen-bond donors (Lipinski definition) is 3. The highest BCUT2D eigenvalue weighted by molar-refractivity contribution is 7.21. The lowest BCUT2D eigenvalue weighted by molar-refractivity contribution is 0.0696. The normalized spacial score (nSPS) is 14.0. The van der Waals surface area contributed by atoms with Crippen molar-refractivity contribution in [1.29, 1.82) is 0 Å². The number of aliphatic hydroxyl groups is 1. The number of ether oxygens (including phenoxy) is 2. The Balaban J connectivity index is 1.83. The molecule has 1 amide bonds. The van der Waals surface area contributed by atoms with Crippen LogP contribution in [0.5, 0.6) is 5.88 Å². The number of aliphatic hydroxyl groups excluding tert-OH is 1. The van der Waals surface area contributed by atoms with Crippen LogP contribution in [0.1, 0.15) is 28.1 Å². The highest BCUT2D eigenvalue weighted by Gasteiger charge is 2.27. The number of nitrogens with two attached hydrogens (primary N) is 1. The molecule has 9 heteroatoms. The van der Waals surface area contributed by atoms with Gasteiger partial charge in [-0.1, -0.05) is 11.6 Å². The minimum Gasteiger partial charge on any atom is -0.474 e. The number of nitrogens with zero attached hydrogens (tertiary/aromatic N) is 1. The molecular formula is C16H20ClN3O4S. The van der Waals surface area contributed by atoms with Gasteiger partial charge in [0.2, 0.25) is 5.88 Å². The van der Waals surface area contributed by atoms with E-state index in [1.165, 1.54) is 11.3 Å². The van der Waals surface area contributed by atoms with Crippen molar-refractivity contribution in [3.05, 3.63) is 15.5 Å². The van der Waals surface area contributed by atoms with Crippen molar-refractivity contribution in [2.24, 2.45) is 0 Å². The van der Waals surface area contributed by atoms with Gasteiger partial charge in [-0.3, -0.25) is 4.79 Å². The van der Waals surface area contributed by atoms with E-state index in [2.05, 4.69) is 10.3 Å². The summed E-state index contributed by atoms with van der Waals surface area (Å²) in [6.07, 6.45) is 2.02. The molecule has 4 N–H and O–H groups in total. The summed E-state index contributed by atoms with van der Waals surface area (Å²) < 4.78 is 10.7. The molecule has 25 heavy (non-hydrogen) atoms. The molecule has 0 atom stereocenters. The van der Waals surface area contributed by atoms with E-state index in [0.29, 0.717) is 32.4 Å². The average Bonchev–Trinajstić information content (AvgIpc) is 3.33. The summed E-state index contributed by atoms with van der Waals surface area (Å²) in [6, 6.07) is 0.257. The molecule has 0 saturated heterocycles. The maximum Gasteiger partial charge on any atom is 0.263 e. The number of carbonyl (C=O) groups excluding carboxylic acids is 1. The van der Waals surface area contributed by atoms with Gasteiger partial charge in [0.05, 0.1) is 25.5 Å². The maximum atomic E-state index is 12.3. The molecule has 2 aromatic heterocycles. The van der Waals surface area contributed by atoms with Crippen LogP contribution in [0.3, 0.4) is 0 Å². The first kappa shape index (κ1) is 18.2. The number of nitrogen functional groups attached to an aromatic ring is 1. The molecule has 136 valence electrons. The van der Waals surface area contributed by atoms with Gasteiger partial charge in [0.25, 0.3) is 5.91 Å². The van der Waals surface area contributed by atoms with E-state index in [1.807, 2.05) is 6.92 Å². The molecule has 0 spiro atoms. The average molecular weight is 386 g/mol. The maximum absolute atomic E-state index is 12.3. The SMILES string of the molecule is Cc1c(Cl)c(OCCOCCO)nc2sc(C(=O)NC3CC3)c(N)c12. The summed E-state index contributed by atoms with van der Waals surface area (Å²) in [5.74, 6) is 0.119. The monoisotopic (exact) mass is 385 g/mol. The third-order valence-electron chi connectivity index (χ3n) is 3.84. The fraction of sp³-hybridized carbons (Fsp3) is 0.500. The van der Waals surface area contributed by atoms with Crippen LogP contribution < -0.4 is 15.8 Å². The molecule has 1 fully saturated rings. The number of aryl methyl sites for hydroxylation is 1.